The molecule has 2 aromatic carbocycles. The number of nitrogens with one attached hydrogen (secondary N) is 2. The van der Waals surface area contributed by atoms with Crippen LogP contribution in [0.4, 0.5) is 16.2 Å². The molecule has 0 aliphatic carbocycles. The number of benzene rings is 2. The number of halogens is 1. The molecule has 0 aliphatic heterocycles. The van der Waals surface area contributed by atoms with Gasteiger partial charge in [0.15, 0.2) is 0 Å². The largest absolute Gasteiger partial charge is 0.334 e. The van der Waals surface area contributed by atoms with E-state index in [1.54, 1.807) is 6.07 Å². The molecular weight excluding hydrogens is 306 g/mol. The van der Waals surface area contributed by atoms with Crippen LogP contribution in [0.3, 0.4) is 0 Å². The molecule has 0 fully saturated rings. The summed E-state index contributed by atoms with van der Waals surface area (Å²) in [6, 6.07) is 11.1. The Morgan fingerprint density at radius 1 is 1.27 bits per heavy atom. The minimum atomic E-state index is -0.507. The average Bonchev–Trinajstić information content (AvgIpc) is 2.48. The molecule has 22 heavy (non-hydrogen) atoms. The van der Waals surface area contributed by atoms with Gasteiger partial charge in [0, 0.05) is 29.4 Å². The Morgan fingerprint density at radius 2 is 2.00 bits per heavy atom. The summed E-state index contributed by atoms with van der Waals surface area (Å²) < 4.78 is 0. The molecule has 2 amide bonds. The van der Waals surface area contributed by atoms with Gasteiger partial charge in [-0.1, -0.05) is 29.8 Å². The van der Waals surface area contributed by atoms with Crippen LogP contribution in [0.5, 0.6) is 0 Å². The predicted octanol–water partition coefficient (Wildman–Crippen LogP) is 3.88. The third-order valence-electron chi connectivity index (χ3n) is 3.07. The van der Waals surface area contributed by atoms with E-state index in [4.69, 9.17) is 11.6 Å². The first-order chi connectivity index (χ1) is 10.5. The maximum Gasteiger partial charge on any atom is 0.319 e. The standard InChI is InChI=1S/C15H14ClN3O3/c1-10-4-2-3-5-14(10)18-15(20)17-9-11-8-12(19(21)22)6-7-13(11)16/h2-8H,9H2,1H3,(H2,17,18,20). The van der Waals surface area contributed by atoms with Crippen LogP contribution in [0.25, 0.3) is 0 Å². The Hall–Kier alpha value is -2.60. The maximum absolute atomic E-state index is 11.9. The van der Waals surface area contributed by atoms with Crippen molar-refractivity contribution in [2.45, 2.75) is 13.5 Å². The average molecular weight is 320 g/mol. The van der Waals surface area contributed by atoms with Crippen LogP contribution >= 0.6 is 11.6 Å². The van der Waals surface area contributed by atoms with Gasteiger partial charge >= 0.3 is 6.03 Å². The molecular formula is C15H14ClN3O3. The SMILES string of the molecule is Cc1ccccc1NC(=O)NCc1cc([N+](=O)[O-])ccc1Cl. The lowest BCUT2D eigenvalue weighted by atomic mass is 10.2. The van der Waals surface area contributed by atoms with Crippen molar-refractivity contribution in [3.8, 4) is 0 Å². The number of para-hydroxylation sites is 1. The van der Waals surface area contributed by atoms with Crippen LogP contribution < -0.4 is 10.6 Å². The van der Waals surface area contributed by atoms with Crippen LogP contribution in [-0.2, 0) is 6.54 Å². The second-order valence-corrected chi connectivity index (χ2v) is 5.06. The summed E-state index contributed by atoms with van der Waals surface area (Å²) in [7, 11) is 0. The highest BCUT2D eigenvalue weighted by Gasteiger charge is 2.11. The van der Waals surface area contributed by atoms with Gasteiger partial charge in [-0.05, 0) is 30.2 Å². The molecule has 7 heteroatoms. The smallest absolute Gasteiger partial charge is 0.319 e. The number of rotatable bonds is 4. The van der Waals surface area contributed by atoms with E-state index in [9.17, 15) is 14.9 Å². The highest BCUT2D eigenvalue weighted by Crippen LogP contribution is 2.22. The summed E-state index contributed by atoms with van der Waals surface area (Å²) in [4.78, 5) is 22.1. The van der Waals surface area contributed by atoms with Crippen molar-refractivity contribution in [1.29, 1.82) is 0 Å². The van der Waals surface area contributed by atoms with E-state index in [1.807, 2.05) is 25.1 Å². The zero-order valence-electron chi connectivity index (χ0n) is 11.8. The molecule has 0 aliphatic rings. The number of urea groups is 1. The molecule has 0 unspecified atom stereocenters. The fourth-order valence-corrected chi connectivity index (χ4v) is 2.05. The Kier molecular flexibility index (Phi) is 4.95. The summed E-state index contributed by atoms with van der Waals surface area (Å²) in [5, 5.41) is 16.4. The van der Waals surface area contributed by atoms with Crippen molar-refractivity contribution in [3.05, 3.63) is 68.7 Å². The molecule has 0 spiro atoms. The normalized spacial score (nSPS) is 10.1. The van der Waals surface area contributed by atoms with E-state index >= 15 is 0 Å². The van der Waals surface area contributed by atoms with Gasteiger partial charge in [-0.3, -0.25) is 10.1 Å². The highest BCUT2D eigenvalue weighted by molar-refractivity contribution is 6.31. The van der Waals surface area contributed by atoms with Gasteiger partial charge < -0.3 is 10.6 Å². The van der Waals surface area contributed by atoms with Crippen molar-refractivity contribution in [1.82, 2.24) is 5.32 Å². The number of hydrogen-bond acceptors (Lipinski definition) is 3. The molecule has 0 atom stereocenters. The molecule has 6 nitrogen and oxygen atoms in total. The Labute approximate surface area is 132 Å². The van der Waals surface area contributed by atoms with E-state index in [2.05, 4.69) is 10.6 Å². The first-order valence-corrected chi connectivity index (χ1v) is 6.88. The Balaban J connectivity index is 2.01. The zero-order chi connectivity index (χ0) is 16.1. The molecule has 2 N–H and O–H groups in total. The van der Waals surface area contributed by atoms with Crippen LogP contribution in [0.15, 0.2) is 42.5 Å². The van der Waals surface area contributed by atoms with Gasteiger partial charge in [0.2, 0.25) is 0 Å². The van der Waals surface area contributed by atoms with Gasteiger partial charge in [-0.2, -0.15) is 0 Å². The fourth-order valence-electron chi connectivity index (χ4n) is 1.87. The lowest BCUT2D eigenvalue weighted by Crippen LogP contribution is -2.28. The number of amides is 2. The van der Waals surface area contributed by atoms with E-state index in [-0.39, 0.29) is 12.2 Å². The van der Waals surface area contributed by atoms with Crippen molar-refractivity contribution >= 4 is 29.0 Å². The Bertz CT molecular complexity index is 719. The number of aryl methyl sites for hydroxylation is 1. The third kappa shape index (κ3) is 3.95. The van der Waals surface area contributed by atoms with E-state index in [0.717, 1.165) is 5.56 Å². The number of nitro groups is 1. The summed E-state index contributed by atoms with van der Waals surface area (Å²) in [6.45, 7) is 1.98. The molecule has 2 rings (SSSR count). The van der Waals surface area contributed by atoms with Gasteiger partial charge in [0.05, 0.1) is 4.92 Å². The lowest BCUT2D eigenvalue weighted by Gasteiger charge is -2.10. The molecule has 0 radical (unpaired) electrons. The highest BCUT2D eigenvalue weighted by atomic mass is 35.5. The van der Waals surface area contributed by atoms with Crippen molar-refractivity contribution in [2.75, 3.05) is 5.32 Å². The van der Waals surface area contributed by atoms with Crippen LogP contribution in [0.2, 0.25) is 5.02 Å². The number of nitrogens with zero attached hydrogens (tertiary/aromatic N) is 1. The fraction of sp³-hybridized carbons (Fsp3) is 0.133. The van der Waals surface area contributed by atoms with Gasteiger partial charge in [-0.25, -0.2) is 4.79 Å². The predicted molar refractivity (Wildman–Crippen MR) is 85.1 cm³/mol. The minimum absolute atomic E-state index is 0.0690. The maximum atomic E-state index is 11.9. The quantitative estimate of drug-likeness (QED) is 0.662. The first kappa shape index (κ1) is 15.8. The number of non-ortho nitro benzene ring substituents is 1. The van der Waals surface area contributed by atoms with Crippen LogP contribution in [0.1, 0.15) is 11.1 Å². The lowest BCUT2D eigenvalue weighted by molar-refractivity contribution is -0.384. The van der Waals surface area contributed by atoms with E-state index in [0.29, 0.717) is 16.3 Å². The van der Waals surface area contributed by atoms with Crippen molar-refractivity contribution < 1.29 is 9.72 Å². The van der Waals surface area contributed by atoms with Gasteiger partial charge in [-0.15, -0.1) is 0 Å². The number of nitro benzene ring substituents is 1. The summed E-state index contributed by atoms with van der Waals surface area (Å²) in [5.74, 6) is 0. The number of anilines is 1. The number of hydrogen-bond donors (Lipinski definition) is 2. The summed E-state index contributed by atoms with van der Waals surface area (Å²) in [5.41, 5.74) is 2.05. The molecule has 2 aromatic rings. The first-order valence-electron chi connectivity index (χ1n) is 6.50. The van der Waals surface area contributed by atoms with Crippen LogP contribution in [0, 0.1) is 17.0 Å². The van der Waals surface area contributed by atoms with Crippen molar-refractivity contribution in [2.24, 2.45) is 0 Å². The van der Waals surface area contributed by atoms with Gasteiger partial charge in [0.1, 0.15) is 0 Å². The van der Waals surface area contributed by atoms with E-state index in [1.165, 1.54) is 18.2 Å². The number of carbonyl (C=O) groups is 1. The van der Waals surface area contributed by atoms with Gasteiger partial charge in [0.25, 0.3) is 5.69 Å². The molecule has 0 aromatic heterocycles. The summed E-state index contributed by atoms with van der Waals surface area (Å²) in [6.07, 6.45) is 0. The topological polar surface area (TPSA) is 84.3 Å². The molecule has 0 saturated heterocycles. The molecule has 0 bridgehead atoms. The third-order valence-corrected chi connectivity index (χ3v) is 3.44. The molecule has 114 valence electrons. The number of carbonyl (C=O) groups excluding carboxylic acids is 1. The van der Waals surface area contributed by atoms with E-state index < -0.39 is 11.0 Å². The minimum Gasteiger partial charge on any atom is -0.334 e. The monoisotopic (exact) mass is 319 g/mol. The molecule has 0 heterocycles. The van der Waals surface area contributed by atoms with Crippen LogP contribution in [-0.4, -0.2) is 11.0 Å². The van der Waals surface area contributed by atoms with Crippen molar-refractivity contribution in [3.63, 3.8) is 0 Å². The zero-order valence-corrected chi connectivity index (χ0v) is 12.6. The Morgan fingerprint density at radius 3 is 2.68 bits per heavy atom. The second-order valence-electron chi connectivity index (χ2n) is 4.66. The summed E-state index contributed by atoms with van der Waals surface area (Å²) >= 11 is 5.98. The second kappa shape index (κ2) is 6.91. The molecule has 0 saturated carbocycles.